The summed E-state index contributed by atoms with van der Waals surface area (Å²) in [6, 6.07) is 9.81. The average Bonchev–Trinajstić information content (AvgIpc) is 3.29. The quantitative estimate of drug-likeness (QED) is 0.588. The number of pyridine rings is 1. The van der Waals surface area contributed by atoms with E-state index >= 15 is 0 Å². The van der Waals surface area contributed by atoms with Crippen molar-refractivity contribution < 1.29 is 27.4 Å². The maximum atomic E-state index is 12.4. The Labute approximate surface area is 185 Å². The van der Waals surface area contributed by atoms with Crippen LogP contribution in [-0.4, -0.2) is 55.0 Å². The second kappa shape index (κ2) is 9.53. The Balaban J connectivity index is 1.35. The molecule has 0 aliphatic carbocycles. The highest BCUT2D eigenvalue weighted by Crippen LogP contribution is 2.28. The fraction of sp³-hybridized carbons (Fsp3) is 0.286. The highest BCUT2D eigenvalue weighted by atomic mass is 32.1. The molecule has 1 aliphatic heterocycles. The molecule has 0 atom stereocenters. The molecule has 1 fully saturated rings. The van der Waals surface area contributed by atoms with Crippen LogP contribution in [0.1, 0.15) is 10.4 Å². The molecule has 1 saturated heterocycles. The number of thiazole rings is 1. The number of rotatable bonds is 6. The van der Waals surface area contributed by atoms with E-state index in [1.54, 1.807) is 23.5 Å². The van der Waals surface area contributed by atoms with Gasteiger partial charge < -0.3 is 19.7 Å². The van der Waals surface area contributed by atoms with Gasteiger partial charge in [0.15, 0.2) is 11.7 Å². The molecular weight excluding hydrogens is 445 g/mol. The summed E-state index contributed by atoms with van der Waals surface area (Å²) in [4.78, 5) is 23.0. The predicted molar refractivity (Wildman–Crippen MR) is 114 cm³/mol. The lowest BCUT2D eigenvalue weighted by atomic mass is 10.1. The van der Waals surface area contributed by atoms with Crippen LogP contribution in [0.4, 0.5) is 24.0 Å². The Morgan fingerprint density at radius 1 is 1.16 bits per heavy atom. The average molecular weight is 464 g/mol. The number of nitrogens with zero attached hydrogens (tertiary/aromatic N) is 3. The number of carbonyl (C=O) groups is 1. The third-order valence-electron chi connectivity index (χ3n) is 4.59. The number of carbonyl (C=O) groups excluding carboxylic acids is 1. The monoisotopic (exact) mass is 464 g/mol. The number of amides is 1. The number of hydrogen-bond acceptors (Lipinski definition) is 7. The molecule has 32 heavy (non-hydrogen) atoms. The summed E-state index contributed by atoms with van der Waals surface area (Å²) >= 11 is 1.58. The number of morpholine rings is 1. The molecule has 0 saturated carbocycles. The molecule has 1 amide bonds. The third-order valence-corrected chi connectivity index (χ3v) is 5.50. The van der Waals surface area contributed by atoms with E-state index in [1.165, 1.54) is 12.1 Å². The molecule has 0 bridgehead atoms. The first-order valence-corrected chi connectivity index (χ1v) is 10.6. The van der Waals surface area contributed by atoms with Crippen molar-refractivity contribution in [3.8, 4) is 17.1 Å². The summed E-state index contributed by atoms with van der Waals surface area (Å²) < 4.78 is 46.5. The topological polar surface area (TPSA) is 76.6 Å². The van der Waals surface area contributed by atoms with Crippen molar-refractivity contribution in [1.29, 1.82) is 0 Å². The number of hydrogen-bond donors (Lipinski definition) is 1. The fourth-order valence-electron chi connectivity index (χ4n) is 2.98. The standard InChI is InChI=1S/C21H19F3N4O3S/c22-21(23,24)13-31-18-6-3-15(11-25-18)19(29)26-16-4-1-14(2-5-16)17-12-32-20(27-17)28-7-9-30-10-8-28/h1-6,11-12H,7-10,13H2,(H,26,29). The summed E-state index contributed by atoms with van der Waals surface area (Å²) in [5.41, 5.74) is 2.54. The molecule has 168 valence electrons. The molecule has 0 radical (unpaired) electrons. The molecule has 0 unspecified atom stereocenters. The molecule has 2 aromatic heterocycles. The number of halogens is 3. The minimum Gasteiger partial charge on any atom is -0.468 e. The van der Waals surface area contributed by atoms with Gasteiger partial charge >= 0.3 is 6.18 Å². The fourth-order valence-corrected chi connectivity index (χ4v) is 3.87. The zero-order chi connectivity index (χ0) is 22.6. The van der Waals surface area contributed by atoms with Crippen LogP contribution in [0, 0.1) is 0 Å². The lowest BCUT2D eigenvalue weighted by molar-refractivity contribution is -0.154. The van der Waals surface area contributed by atoms with Crippen molar-refractivity contribution in [2.45, 2.75) is 6.18 Å². The third kappa shape index (κ3) is 5.74. The van der Waals surface area contributed by atoms with Gasteiger partial charge in [-0.3, -0.25) is 4.79 Å². The van der Waals surface area contributed by atoms with Gasteiger partial charge in [-0.2, -0.15) is 13.2 Å². The van der Waals surface area contributed by atoms with Gasteiger partial charge in [-0.1, -0.05) is 12.1 Å². The normalized spacial score (nSPS) is 14.3. The van der Waals surface area contributed by atoms with E-state index in [4.69, 9.17) is 9.72 Å². The highest BCUT2D eigenvalue weighted by Gasteiger charge is 2.28. The summed E-state index contributed by atoms with van der Waals surface area (Å²) in [5.74, 6) is -0.640. The van der Waals surface area contributed by atoms with Crippen LogP contribution >= 0.6 is 11.3 Å². The van der Waals surface area contributed by atoms with Gasteiger partial charge in [0, 0.05) is 42.0 Å². The Morgan fingerprint density at radius 2 is 1.91 bits per heavy atom. The molecule has 1 N–H and O–H groups in total. The number of ether oxygens (including phenoxy) is 2. The van der Waals surface area contributed by atoms with Crippen LogP contribution in [0.2, 0.25) is 0 Å². The first-order valence-electron chi connectivity index (χ1n) is 9.73. The number of alkyl halides is 3. The second-order valence-electron chi connectivity index (χ2n) is 6.94. The van der Waals surface area contributed by atoms with Gasteiger partial charge in [0.2, 0.25) is 5.88 Å². The molecule has 0 spiro atoms. The maximum absolute atomic E-state index is 12.4. The first kappa shape index (κ1) is 22.0. The van der Waals surface area contributed by atoms with Crippen molar-refractivity contribution in [3.63, 3.8) is 0 Å². The van der Waals surface area contributed by atoms with Crippen molar-refractivity contribution in [3.05, 3.63) is 53.5 Å². The second-order valence-corrected chi connectivity index (χ2v) is 7.77. The Hall–Kier alpha value is -3.18. The number of anilines is 2. The van der Waals surface area contributed by atoms with E-state index in [-0.39, 0.29) is 11.4 Å². The molecule has 3 aromatic rings. The number of benzene rings is 1. The Kier molecular flexibility index (Phi) is 6.56. The van der Waals surface area contributed by atoms with Crippen LogP contribution in [0.3, 0.4) is 0 Å². The first-order chi connectivity index (χ1) is 15.4. The molecule has 1 aliphatic rings. The molecule has 7 nitrogen and oxygen atoms in total. The van der Waals surface area contributed by atoms with Gasteiger partial charge in [-0.05, 0) is 18.2 Å². The van der Waals surface area contributed by atoms with E-state index in [1.807, 2.05) is 17.5 Å². The van der Waals surface area contributed by atoms with Crippen molar-refractivity contribution in [2.75, 3.05) is 43.1 Å². The van der Waals surface area contributed by atoms with E-state index in [9.17, 15) is 18.0 Å². The molecule has 1 aromatic carbocycles. The lowest BCUT2D eigenvalue weighted by Crippen LogP contribution is -2.36. The Morgan fingerprint density at radius 3 is 2.56 bits per heavy atom. The van der Waals surface area contributed by atoms with Crippen LogP contribution in [0.5, 0.6) is 5.88 Å². The molecule has 3 heterocycles. The molecule has 11 heteroatoms. The van der Waals surface area contributed by atoms with Gasteiger partial charge in [0.1, 0.15) is 0 Å². The highest BCUT2D eigenvalue weighted by molar-refractivity contribution is 7.14. The summed E-state index contributed by atoms with van der Waals surface area (Å²) in [6.45, 7) is 1.60. The molecular formula is C21H19F3N4O3S. The van der Waals surface area contributed by atoms with Crippen LogP contribution in [-0.2, 0) is 4.74 Å². The SMILES string of the molecule is O=C(Nc1ccc(-c2csc(N3CCOCC3)n2)cc1)c1ccc(OCC(F)(F)F)nc1. The lowest BCUT2D eigenvalue weighted by Gasteiger charge is -2.26. The van der Waals surface area contributed by atoms with Crippen molar-refractivity contribution in [2.24, 2.45) is 0 Å². The predicted octanol–water partition coefficient (Wildman–Crippen LogP) is 4.24. The van der Waals surface area contributed by atoms with Crippen LogP contribution in [0.15, 0.2) is 48.0 Å². The van der Waals surface area contributed by atoms with Gasteiger partial charge in [-0.25, -0.2) is 9.97 Å². The minimum absolute atomic E-state index is 0.197. The van der Waals surface area contributed by atoms with E-state index < -0.39 is 18.7 Å². The van der Waals surface area contributed by atoms with Crippen LogP contribution in [0.25, 0.3) is 11.3 Å². The maximum Gasteiger partial charge on any atom is 0.422 e. The summed E-state index contributed by atoms with van der Waals surface area (Å²) in [6.07, 6.45) is -3.29. The van der Waals surface area contributed by atoms with E-state index in [0.717, 1.165) is 35.7 Å². The number of aromatic nitrogens is 2. The summed E-state index contributed by atoms with van der Waals surface area (Å²) in [5, 5.41) is 5.68. The van der Waals surface area contributed by atoms with Crippen molar-refractivity contribution >= 4 is 28.1 Å². The smallest absolute Gasteiger partial charge is 0.422 e. The minimum atomic E-state index is -4.45. The van der Waals surface area contributed by atoms with Gasteiger partial charge in [0.25, 0.3) is 5.91 Å². The molecule has 4 rings (SSSR count). The van der Waals surface area contributed by atoms with Crippen LogP contribution < -0.4 is 15.0 Å². The largest absolute Gasteiger partial charge is 0.468 e. The summed E-state index contributed by atoms with van der Waals surface area (Å²) in [7, 11) is 0. The van der Waals surface area contributed by atoms with Gasteiger partial charge in [-0.15, -0.1) is 11.3 Å². The number of nitrogens with one attached hydrogen (secondary N) is 1. The van der Waals surface area contributed by atoms with Crippen molar-refractivity contribution in [1.82, 2.24) is 9.97 Å². The van der Waals surface area contributed by atoms with E-state index in [2.05, 4.69) is 19.9 Å². The van der Waals surface area contributed by atoms with Gasteiger partial charge in [0.05, 0.1) is 24.5 Å². The van der Waals surface area contributed by atoms with E-state index in [0.29, 0.717) is 18.9 Å². The zero-order valence-corrected chi connectivity index (χ0v) is 17.6. The Bertz CT molecular complexity index is 1050. The zero-order valence-electron chi connectivity index (χ0n) is 16.8.